The van der Waals surface area contributed by atoms with Crippen molar-refractivity contribution >= 4 is 59.5 Å². The summed E-state index contributed by atoms with van der Waals surface area (Å²) in [4.78, 5) is 0. The van der Waals surface area contributed by atoms with Crippen LogP contribution in [-0.4, -0.2) is 4.40 Å². The molecule has 1 heteroatoms. The molecule has 9 aromatic rings. The van der Waals surface area contributed by atoms with Gasteiger partial charge in [0, 0.05) is 21.7 Å². The van der Waals surface area contributed by atoms with E-state index in [1.807, 2.05) is 0 Å². The second-order valence-corrected chi connectivity index (χ2v) is 10.9. The molecule has 0 saturated heterocycles. The van der Waals surface area contributed by atoms with Gasteiger partial charge in [0.2, 0.25) is 0 Å². The highest BCUT2D eigenvalue weighted by molar-refractivity contribution is 6.34. The third-order valence-corrected chi connectivity index (χ3v) is 8.69. The zero-order valence-electron chi connectivity index (χ0n) is 22.4. The average molecular weight is 520 g/mol. The Balaban J connectivity index is 1.67. The fraction of sp³-hybridized carbons (Fsp3) is 0. The average Bonchev–Trinajstić information content (AvgIpc) is 3.45. The Morgan fingerprint density at radius 1 is 0.341 bits per heavy atom. The van der Waals surface area contributed by atoms with Crippen molar-refractivity contribution < 1.29 is 0 Å². The van der Waals surface area contributed by atoms with Crippen LogP contribution in [-0.2, 0) is 0 Å². The van der Waals surface area contributed by atoms with Gasteiger partial charge in [-0.1, -0.05) is 133 Å². The van der Waals surface area contributed by atoms with Gasteiger partial charge < -0.3 is 4.40 Å². The number of rotatable bonds is 2. The van der Waals surface area contributed by atoms with E-state index in [9.17, 15) is 0 Å². The highest BCUT2D eigenvalue weighted by Crippen LogP contribution is 2.46. The minimum atomic E-state index is 1.21. The first-order chi connectivity index (χ1) is 20.4. The second kappa shape index (κ2) is 8.55. The Kier molecular flexibility index (Phi) is 4.67. The molecule has 0 atom stereocenters. The molecule has 0 aliphatic heterocycles. The molecule has 2 aromatic heterocycles. The van der Waals surface area contributed by atoms with Gasteiger partial charge >= 0.3 is 0 Å². The molecule has 9 rings (SSSR count). The fourth-order valence-electron chi connectivity index (χ4n) is 6.94. The molecular weight excluding hydrogens is 494 g/mol. The van der Waals surface area contributed by atoms with Gasteiger partial charge in [0.05, 0.1) is 16.7 Å². The summed E-state index contributed by atoms with van der Waals surface area (Å²) >= 11 is 0. The summed E-state index contributed by atoms with van der Waals surface area (Å²) in [6, 6.07) is 55.5. The summed E-state index contributed by atoms with van der Waals surface area (Å²) in [6.07, 6.45) is 0. The number of benzene rings is 7. The first kappa shape index (κ1) is 22.4. The van der Waals surface area contributed by atoms with Gasteiger partial charge in [-0.25, -0.2) is 0 Å². The lowest BCUT2D eigenvalue weighted by Crippen LogP contribution is -1.97. The molecule has 0 N–H and O–H groups in total. The lowest BCUT2D eigenvalue weighted by atomic mass is 9.91. The van der Waals surface area contributed by atoms with E-state index in [1.54, 1.807) is 0 Å². The molecule has 0 saturated carbocycles. The maximum absolute atomic E-state index is 2.55. The van der Waals surface area contributed by atoms with Gasteiger partial charge in [0.1, 0.15) is 0 Å². The summed E-state index contributed by atoms with van der Waals surface area (Å²) in [5, 5.41) is 11.5. The van der Waals surface area contributed by atoms with Crippen molar-refractivity contribution in [1.29, 1.82) is 0 Å². The molecule has 0 spiro atoms. The Morgan fingerprint density at radius 3 is 1.54 bits per heavy atom. The summed E-state index contributed by atoms with van der Waals surface area (Å²) in [5.74, 6) is 0. The van der Waals surface area contributed by atoms with Crippen LogP contribution in [0.5, 0.6) is 0 Å². The summed E-state index contributed by atoms with van der Waals surface area (Å²) in [7, 11) is 0. The highest BCUT2D eigenvalue weighted by atomic mass is 14.9. The number of hydrogen-bond acceptors (Lipinski definition) is 0. The molecule has 0 aliphatic carbocycles. The molecule has 41 heavy (non-hydrogen) atoms. The van der Waals surface area contributed by atoms with Crippen molar-refractivity contribution in [3.63, 3.8) is 0 Å². The second-order valence-electron chi connectivity index (χ2n) is 10.9. The van der Waals surface area contributed by atoms with E-state index in [-0.39, 0.29) is 0 Å². The normalized spacial score (nSPS) is 11.9. The van der Waals surface area contributed by atoms with Crippen LogP contribution in [0.2, 0.25) is 0 Å². The minimum Gasteiger partial charge on any atom is -0.307 e. The van der Waals surface area contributed by atoms with Crippen LogP contribution in [0.25, 0.3) is 81.9 Å². The molecule has 0 unspecified atom stereocenters. The predicted molar refractivity (Wildman–Crippen MR) is 176 cm³/mol. The SMILES string of the molecule is c1ccc(-c2cc(-c3ccccc3)n3c2c2cc4ccccc4cc2c2c4ccccc4c4ccccc4c23)cc1. The monoisotopic (exact) mass is 519 g/mol. The number of fused-ring (bicyclic) bond motifs is 12. The summed E-state index contributed by atoms with van der Waals surface area (Å²) in [5.41, 5.74) is 7.42. The molecule has 0 aliphatic rings. The maximum Gasteiger partial charge on any atom is 0.0625 e. The van der Waals surface area contributed by atoms with Gasteiger partial charge in [-0.05, 0) is 61.6 Å². The van der Waals surface area contributed by atoms with Gasteiger partial charge in [-0.15, -0.1) is 0 Å². The van der Waals surface area contributed by atoms with Crippen molar-refractivity contribution in [3.8, 4) is 22.4 Å². The van der Waals surface area contributed by atoms with Crippen LogP contribution >= 0.6 is 0 Å². The molecular formula is C40H25N. The van der Waals surface area contributed by atoms with Crippen molar-refractivity contribution in [2.75, 3.05) is 0 Å². The van der Waals surface area contributed by atoms with E-state index in [0.717, 1.165) is 0 Å². The molecule has 0 fully saturated rings. The summed E-state index contributed by atoms with van der Waals surface area (Å²) < 4.78 is 2.55. The topological polar surface area (TPSA) is 4.41 Å². The van der Waals surface area contributed by atoms with Crippen molar-refractivity contribution in [2.24, 2.45) is 0 Å². The maximum atomic E-state index is 2.55. The molecule has 0 radical (unpaired) electrons. The minimum absolute atomic E-state index is 1.21. The van der Waals surface area contributed by atoms with Crippen LogP contribution < -0.4 is 0 Å². The van der Waals surface area contributed by atoms with E-state index in [4.69, 9.17) is 0 Å². The van der Waals surface area contributed by atoms with Crippen LogP contribution in [0, 0.1) is 0 Å². The van der Waals surface area contributed by atoms with E-state index >= 15 is 0 Å². The van der Waals surface area contributed by atoms with Crippen LogP contribution in [0.1, 0.15) is 0 Å². The van der Waals surface area contributed by atoms with E-state index in [1.165, 1.54) is 81.9 Å². The number of aromatic nitrogens is 1. The lowest BCUT2D eigenvalue weighted by molar-refractivity contribution is 1.30. The largest absolute Gasteiger partial charge is 0.307 e. The van der Waals surface area contributed by atoms with Crippen LogP contribution in [0.15, 0.2) is 152 Å². The Bertz CT molecular complexity index is 2450. The van der Waals surface area contributed by atoms with Crippen LogP contribution in [0.3, 0.4) is 0 Å². The standard InChI is InChI=1S/C40H25N/c1-3-13-26(14-4-1)34-25-37(27-15-5-2-6-16-27)41-39(34)36-24-29-18-8-7-17-28(29)23-35(36)38-32-21-11-9-19-30(32)31-20-10-12-22-33(31)40(38)41/h1-25H. The van der Waals surface area contributed by atoms with E-state index in [2.05, 4.69) is 156 Å². The quantitative estimate of drug-likeness (QED) is 0.158. The Morgan fingerprint density at radius 2 is 0.854 bits per heavy atom. The van der Waals surface area contributed by atoms with Gasteiger partial charge in [-0.3, -0.25) is 0 Å². The molecule has 1 nitrogen and oxygen atoms in total. The molecule has 7 aromatic carbocycles. The third kappa shape index (κ3) is 3.18. The van der Waals surface area contributed by atoms with Gasteiger partial charge in [0.15, 0.2) is 0 Å². The third-order valence-electron chi connectivity index (χ3n) is 8.69. The first-order valence-electron chi connectivity index (χ1n) is 14.2. The van der Waals surface area contributed by atoms with Crippen molar-refractivity contribution in [3.05, 3.63) is 152 Å². The van der Waals surface area contributed by atoms with E-state index < -0.39 is 0 Å². The van der Waals surface area contributed by atoms with E-state index in [0.29, 0.717) is 0 Å². The van der Waals surface area contributed by atoms with Crippen molar-refractivity contribution in [2.45, 2.75) is 0 Å². The van der Waals surface area contributed by atoms with Crippen LogP contribution in [0.4, 0.5) is 0 Å². The number of pyridine rings is 1. The Hall–Kier alpha value is -5.40. The van der Waals surface area contributed by atoms with Crippen molar-refractivity contribution in [1.82, 2.24) is 4.40 Å². The summed E-state index contributed by atoms with van der Waals surface area (Å²) in [6.45, 7) is 0. The smallest absolute Gasteiger partial charge is 0.0625 e. The zero-order valence-corrected chi connectivity index (χ0v) is 22.4. The molecule has 0 amide bonds. The number of hydrogen-bond donors (Lipinski definition) is 0. The predicted octanol–water partition coefficient (Wildman–Crippen LogP) is 11.0. The Labute approximate surface area is 237 Å². The molecule has 0 bridgehead atoms. The molecule has 190 valence electrons. The van der Waals surface area contributed by atoms with Gasteiger partial charge in [0.25, 0.3) is 0 Å². The molecule has 2 heterocycles. The first-order valence-corrected chi connectivity index (χ1v) is 14.2. The number of nitrogens with zero attached hydrogens (tertiary/aromatic N) is 1. The lowest BCUT2D eigenvalue weighted by Gasteiger charge is -2.18. The fourth-order valence-corrected chi connectivity index (χ4v) is 6.94. The van der Waals surface area contributed by atoms with Gasteiger partial charge in [-0.2, -0.15) is 0 Å². The zero-order chi connectivity index (χ0) is 26.9. The highest BCUT2D eigenvalue weighted by Gasteiger charge is 2.22.